The number of rotatable bonds is 2. The van der Waals surface area contributed by atoms with Crippen LogP contribution in [0.5, 0.6) is 0 Å². The van der Waals surface area contributed by atoms with Crippen molar-refractivity contribution in [2.75, 3.05) is 0 Å². The second kappa shape index (κ2) is 5.02. The van der Waals surface area contributed by atoms with Crippen molar-refractivity contribution in [3.8, 4) is 11.3 Å². The van der Waals surface area contributed by atoms with Crippen molar-refractivity contribution in [1.82, 2.24) is 9.97 Å². The highest BCUT2D eigenvalue weighted by molar-refractivity contribution is 6.68. The van der Waals surface area contributed by atoms with Crippen LogP contribution in [0.15, 0.2) is 48.8 Å². The molecule has 3 aromatic rings. The van der Waals surface area contributed by atoms with Crippen LogP contribution in [0.4, 0.5) is 0 Å². The molecule has 2 heterocycles. The summed E-state index contributed by atoms with van der Waals surface area (Å²) in [5.41, 5.74) is 3.92. The molecule has 3 nitrogen and oxygen atoms in total. The lowest BCUT2D eigenvalue weighted by atomic mass is 10.0. The molecule has 0 amide bonds. The van der Waals surface area contributed by atoms with Crippen LogP contribution in [-0.4, -0.2) is 15.2 Å². The quantitative estimate of drug-likeness (QED) is 0.668. The molecule has 0 atom stereocenters. The number of halogens is 1. The lowest BCUT2D eigenvalue weighted by molar-refractivity contribution is 0.108. The highest BCUT2D eigenvalue weighted by Crippen LogP contribution is 2.26. The SMILES string of the molecule is Cc1ccc2nc(-c3ccncc3)cc(C(=O)Cl)c2c1. The fourth-order valence-corrected chi connectivity index (χ4v) is 2.33. The van der Waals surface area contributed by atoms with E-state index in [2.05, 4.69) is 9.97 Å². The normalized spacial score (nSPS) is 10.7. The molecule has 0 bridgehead atoms. The minimum absolute atomic E-state index is 0.474. The number of nitrogens with zero attached hydrogens (tertiary/aromatic N) is 2. The van der Waals surface area contributed by atoms with Gasteiger partial charge in [-0.3, -0.25) is 9.78 Å². The van der Waals surface area contributed by atoms with Gasteiger partial charge in [0.05, 0.1) is 11.2 Å². The lowest BCUT2D eigenvalue weighted by Gasteiger charge is -2.07. The van der Waals surface area contributed by atoms with Crippen LogP contribution in [0.2, 0.25) is 0 Å². The summed E-state index contributed by atoms with van der Waals surface area (Å²) in [5.74, 6) is 0. The molecule has 0 unspecified atom stereocenters. The summed E-state index contributed by atoms with van der Waals surface area (Å²) in [6, 6.07) is 11.2. The van der Waals surface area contributed by atoms with Gasteiger partial charge in [-0.1, -0.05) is 11.6 Å². The first-order valence-corrected chi connectivity index (χ1v) is 6.54. The third kappa shape index (κ3) is 2.28. The van der Waals surface area contributed by atoms with E-state index in [4.69, 9.17) is 11.6 Å². The van der Waals surface area contributed by atoms with E-state index in [1.807, 2.05) is 37.3 Å². The maximum absolute atomic E-state index is 11.7. The summed E-state index contributed by atoms with van der Waals surface area (Å²) in [7, 11) is 0. The molecule has 0 saturated carbocycles. The minimum atomic E-state index is -0.474. The monoisotopic (exact) mass is 282 g/mol. The molecular formula is C16H11ClN2O. The molecule has 0 N–H and O–H groups in total. The summed E-state index contributed by atoms with van der Waals surface area (Å²) in [4.78, 5) is 20.3. The van der Waals surface area contributed by atoms with Gasteiger partial charge < -0.3 is 0 Å². The van der Waals surface area contributed by atoms with Gasteiger partial charge in [0.2, 0.25) is 0 Å². The first-order chi connectivity index (χ1) is 9.65. The molecule has 0 saturated heterocycles. The number of pyridine rings is 2. The molecule has 20 heavy (non-hydrogen) atoms. The molecule has 0 radical (unpaired) electrons. The number of benzene rings is 1. The van der Waals surface area contributed by atoms with E-state index >= 15 is 0 Å². The number of fused-ring (bicyclic) bond motifs is 1. The Morgan fingerprint density at radius 2 is 1.85 bits per heavy atom. The van der Waals surface area contributed by atoms with E-state index in [0.29, 0.717) is 11.3 Å². The molecule has 0 aliphatic carbocycles. The summed E-state index contributed by atoms with van der Waals surface area (Å²) >= 11 is 5.71. The van der Waals surface area contributed by atoms with E-state index in [1.54, 1.807) is 18.5 Å². The second-order valence-corrected chi connectivity index (χ2v) is 4.93. The number of carbonyl (C=O) groups excluding carboxylic acids is 1. The standard InChI is InChI=1S/C16H11ClN2O/c1-10-2-3-14-12(8-10)13(16(17)20)9-15(19-14)11-4-6-18-7-5-11/h2-9H,1H3. The Hall–Kier alpha value is -2.26. The van der Waals surface area contributed by atoms with Gasteiger partial charge in [0.15, 0.2) is 0 Å². The van der Waals surface area contributed by atoms with Crippen molar-refractivity contribution in [3.63, 3.8) is 0 Å². The number of carbonyl (C=O) groups is 1. The zero-order valence-corrected chi connectivity index (χ0v) is 11.6. The molecular weight excluding hydrogens is 272 g/mol. The average Bonchev–Trinajstić information content (AvgIpc) is 2.47. The highest BCUT2D eigenvalue weighted by Gasteiger charge is 2.12. The molecule has 0 aliphatic rings. The summed E-state index contributed by atoms with van der Waals surface area (Å²) in [5, 5.41) is 0.307. The third-order valence-corrected chi connectivity index (χ3v) is 3.36. The molecule has 0 fully saturated rings. The van der Waals surface area contributed by atoms with Crippen LogP contribution in [-0.2, 0) is 0 Å². The highest BCUT2D eigenvalue weighted by atomic mass is 35.5. The Labute approximate surface area is 121 Å². The van der Waals surface area contributed by atoms with Crippen LogP contribution in [0.1, 0.15) is 15.9 Å². The van der Waals surface area contributed by atoms with Crippen LogP contribution < -0.4 is 0 Å². The molecule has 0 spiro atoms. The first-order valence-electron chi connectivity index (χ1n) is 6.17. The van der Waals surface area contributed by atoms with Crippen molar-refractivity contribution in [1.29, 1.82) is 0 Å². The Kier molecular flexibility index (Phi) is 3.20. The van der Waals surface area contributed by atoms with Crippen LogP contribution >= 0.6 is 11.6 Å². The molecule has 1 aromatic carbocycles. The summed E-state index contributed by atoms with van der Waals surface area (Å²) in [6.45, 7) is 1.97. The molecule has 98 valence electrons. The Bertz CT molecular complexity index is 800. The van der Waals surface area contributed by atoms with Gasteiger partial charge >= 0.3 is 0 Å². The van der Waals surface area contributed by atoms with E-state index in [0.717, 1.165) is 22.0 Å². The maximum Gasteiger partial charge on any atom is 0.253 e. The topological polar surface area (TPSA) is 42.9 Å². The van der Waals surface area contributed by atoms with Gasteiger partial charge in [-0.05, 0) is 48.9 Å². The zero-order valence-electron chi connectivity index (χ0n) is 10.8. The van der Waals surface area contributed by atoms with E-state index in [-0.39, 0.29) is 0 Å². The Balaban J connectivity index is 2.32. The van der Waals surface area contributed by atoms with Crippen LogP contribution in [0, 0.1) is 6.92 Å². The zero-order chi connectivity index (χ0) is 14.1. The first kappa shape index (κ1) is 12.8. The predicted molar refractivity (Wildman–Crippen MR) is 79.9 cm³/mol. The summed E-state index contributed by atoms with van der Waals surface area (Å²) in [6.07, 6.45) is 3.39. The number of aryl methyl sites for hydroxylation is 1. The van der Waals surface area contributed by atoms with E-state index < -0.39 is 5.24 Å². The van der Waals surface area contributed by atoms with Crippen LogP contribution in [0.3, 0.4) is 0 Å². The molecule has 0 aliphatic heterocycles. The Morgan fingerprint density at radius 1 is 1.10 bits per heavy atom. The lowest BCUT2D eigenvalue weighted by Crippen LogP contribution is -1.96. The third-order valence-electron chi connectivity index (χ3n) is 3.15. The smallest absolute Gasteiger partial charge is 0.253 e. The average molecular weight is 283 g/mol. The molecule has 2 aromatic heterocycles. The fraction of sp³-hybridized carbons (Fsp3) is 0.0625. The second-order valence-electron chi connectivity index (χ2n) is 4.59. The fourth-order valence-electron chi connectivity index (χ4n) is 2.17. The number of hydrogen-bond acceptors (Lipinski definition) is 3. The van der Waals surface area contributed by atoms with Crippen LogP contribution in [0.25, 0.3) is 22.2 Å². The van der Waals surface area contributed by atoms with Gasteiger partial charge in [-0.2, -0.15) is 0 Å². The van der Waals surface area contributed by atoms with E-state index in [9.17, 15) is 4.79 Å². The molecule has 4 heteroatoms. The van der Waals surface area contributed by atoms with Crippen molar-refractivity contribution >= 4 is 27.7 Å². The van der Waals surface area contributed by atoms with Gasteiger partial charge in [-0.25, -0.2) is 4.98 Å². The van der Waals surface area contributed by atoms with E-state index in [1.165, 1.54) is 0 Å². The van der Waals surface area contributed by atoms with Gasteiger partial charge in [0.25, 0.3) is 5.24 Å². The minimum Gasteiger partial charge on any atom is -0.276 e. The number of aromatic nitrogens is 2. The van der Waals surface area contributed by atoms with Gasteiger partial charge in [-0.15, -0.1) is 0 Å². The van der Waals surface area contributed by atoms with Crippen molar-refractivity contribution < 1.29 is 4.79 Å². The maximum atomic E-state index is 11.7. The van der Waals surface area contributed by atoms with Crippen molar-refractivity contribution in [2.24, 2.45) is 0 Å². The summed E-state index contributed by atoms with van der Waals surface area (Å²) < 4.78 is 0. The largest absolute Gasteiger partial charge is 0.276 e. The predicted octanol–water partition coefficient (Wildman–Crippen LogP) is 3.98. The van der Waals surface area contributed by atoms with Crippen molar-refractivity contribution in [2.45, 2.75) is 6.92 Å². The van der Waals surface area contributed by atoms with Gasteiger partial charge in [0, 0.05) is 28.9 Å². The Morgan fingerprint density at radius 3 is 2.55 bits per heavy atom. The van der Waals surface area contributed by atoms with Gasteiger partial charge in [0.1, 0.15) is 0 Å². The molecule has 3 rings (SSSR count). The number of hydrogen-bond donors (Lipinski definition) is 0. The van der Waals surface area contributed by atoms with Crippen molar-refractivity contribution in [3.05, 3.63) is 59.9 Å².